The number of fused-ring (bicyclic) bond motifs is 1. The predicted octanol–water partition coefficient (Wildman–Crippen LogP) is 3.74. The van der Waals surface area contributed by atoms with Crippen molar-refractivity contribution in [2.75, 3.05) is 10.6 Å². The van der Waals surface area contributed by atoms with Gasteiger partial charge in [-0.25, -0.2) is 4.98 Å². The summed E-state index contributed by atoms with van der Waals surface area (Å²) in [6.07, 6.45) is 1.92. The van der Waals surface area contributed by atoms with E-state index in [1.54, 1.807) is 49.4 Å². The number of aromatic nitrogens is 1. The standard InChI is InChI=1S/C19H17N3O3/c1-11-20-16-10-15(8-9-17(16)25-11)22-19(24)13-4-6-14(7-5-13)21-18(23)12-2-3-12/h4-10,12H,2-3H2,1H3,(H,21,23)(H,22,24). The lowest BCUT2D eigenvalue weighted by molar-refractivity contribution is -0.117. The minimum absolute atomic E-state index is 0.0495. The molecule has 0 bridgehead atoms. The smallest absolute Gasteiger partial charge is 0.255 e. The van der Waals surface area contributed by atoms with Gasteiger partial charge in [-0.3, -0.25) is 9.59 Å². The average Bonchev–Trinajstić information content (AvgIpc) is 3.37. The first-order valence-electron chi connectivity index (χ1n) is 8.18. The lowest BCUT2D eigenvalue weighted by atomic mass is 10.2. The highest BCUT2D eigenvalue weighted by Gasteiger charge is 2.29. The molecule has 1 aliphatic carbocycles. The summed E-state index contributed by atoms with van der Waals surface area (Å²) >= 11 is 0. The molecular formula is C19H17N3O3. The fourth-order valence-electron chi connectivity index (χ4n) is 2.62. The molecular weight excluding hydrogens is 318 g/mol. The summed E-state index contributed by atoms with van der Waals surface area (Å²) in [5.41, 5.74) is 3.25. The zero-order chi connectivity index (χ0) is 17.4. The van der Waals surface area contributed by atoms with E-state index in [2.05, 4.69) is 15.6 Å². The van der Waals surface area contributed by atoms with Crippen molar-refractivity contribution >= 4 is 34.3 Å². The van der Waals surface area contributed by atoms with Crippen LogP contribution in [0.25, 0.3) is 11.1 Å². The summed E-state index contributed by atoms with van der Waals surface area (Å²) in [6.45, 7) is 1.78. The maximum atomic E-state index is 12.4. The molecule has 0 saturated heterocycles. The molecule has 6 heteroatoms. The Morgan fingerprint density at radius 1 is 1.04 bits per heavy atom. The Morgan fingerprint density at radius 2 is 1.76 bits per heavy atom. The number of nitrogens with zero attached hydrogens (tertiary/aromatic N) is 1. The van der Waals surface area contributed by atoms with Gasteiger partial charge in [0.1, 0.15) is 5.52 Å². The van der Waals surface area contributed by atoms with E-state index >= 15 is 0 Å². The Bertz CT molecular complexity index is 956. The van der Waals surface area contributed by atoms with Crippen molar-refractivity contribution in [3.63, 3.8) is 0 Å². The van der Waals surface area contributed by atoms with Crippen LogP contribution in [-0.2, 0) is 4.79 Å². The van der Waals surface area contributed by atoms with Crippen LogP contribution in [0, 0.1) is 12.8 Å². The third kappa shape index (κ3) is 3.38. The van der Waals surface area contributed by atoms with Crippen molar-refractivity contribution in [3.8, 4) is 0 Å². The van der Waals surface area contributed by atoms with Gasteiger partial charge in [0.05, 0.1) is 0 Å². The minimum atomic E-state index is -0.223. The van der Waals surface area contributed by atoms with Crippen LogP contribution < -0.4 is 10.6 Å². The van der Waals surface area contributed by atoms with Crippen LogP contribution in [0.15, 0.2) is 46.9 Å². The normalized spacial score (nSPS) is 13.6. The van der Waals surface area contributed by atoms with Crippen molar-refractivity contribution < 1.29 is 14.0 Å². The van der Waals surface area contributed by atoms with Crippen molar-refractivity contribution in [1.82, 2.24) is 4.98 Å². The summed E-state index contributed by atoms with van der Waals surface area (Å²) in [4.78, 5) is 28.4. The van der Waals surface area contributed by atoms with Gasteiger partial charge in [-0.05, 0) is 55.3 Å². The zero-order valence-corrected chi connectivity index (χ0v) is 13.7. The van der Waals surface area contributed by atoms with Crippen LogP contribution >= 0.6 is 0 Å². The molecule has 1 aliphatic rings. The Balaban J connectivity index is 1.44. The largest absolute Gasteiger partial charge is 0.441 e. The van der Waals surface area contributed by atoms with Crippen molar-refractivity contribution in [2.24, 2.45) is 5.92 Å². The fourth-order valence-corrected chi connectivity index (χ4v) is 2.62. The molecule has 4 rings (SSSR count). The van der Waals surface area contributed by atoms with E-state index in [-0.39, 0.29) is 17.7 Å². The first-order valence-corrected chi connectivity index (χ1v) is 8.18. The molecule has 1 heterocycles. The number of amides is 2. The maximum Gasteiger partial charge on any atom is 0.255 e. The maximum absolute atomic E-state index is 12.4. The molecule has 2 amide bonds. The summed E-state index contributed by atoms with van der Waals surface area (Å²) in [5.74, 6) is 0.563. The van der Waals surface area contributed by atoms with Crippen molar-refractivity contribution in [3.05, 3.63) is 53.9 Å². The predicted molar refractivity (Wildman–Crippen MR) is 94.5 cm³/mol. The first-order chi connectivity index (χ1) is 12.1. The van der Waals surface area contributed by atoms with E-state index in [1.807, 2.05) is 0 Å². The second-order valence-electron chi connectivity index (χ2n) is 6.21. The number of oxazole rings is 1. The Hall–Kier alpha value is -3.15. The number of carbonyl (C=O) groups excluding carboxylic acids is 2. The quantitative estimate of drug-likeness (QED) is 0.761. The molecule has 0 radical (unpaired) electrons. The molecule has 0 atom stereocenters. The first kappa shape index (κ1) is 15.4. The lowest BCUT2D eigenvalue weighted by Gasteiger charge is -2.07. The molecule has 6 nitrogen and oxygen atoms in total. The summed E-state index contributed by atoms with van der Waals surface area (Å²) in [5, 5.41) is 5.69. The summed E-state index contributed by atoms with van der Waals surface area (Å²) in [6, 6.07) is 12.2. The Labute approximate surface area is 144 Å². The number of carbonyl (C=O) groups is 2. The molecule has 0 spiro atoms. The highest BCUT2D eigenvalue weighted by atomic mass is 16.3. The number of benzene rings is 2. The van der Waals surface area contributed by atoms with E-state index in [4.69, 9.17) is 4.42 Å². The fraction of sp³-hybridized carbons (Fsp3) is 0.211. The summed E-state index contributed by atoms with van der Waals surface area (Å²) in [7, 11) is 0. The van der Waals surface area contributed by atoms with E-state index in [1.165, 1.54) is 0 Å². The Morgan fingerprint density at radius 3 is 2.48 bits per heavy atom. The summed E-state index contributed by atoms with van der Waals surface area (Å²) < 4.78 is 5.42. The third-order valence-corrected chi connectivity index (χ3v) is 4.12. The van der Waals surface area contributed by atoms with Crippen molar-refractivity contribution in [2.45, 2.75) is 19.8 Å². The molecule has 0 unspecified atom stereocenters. The second-order valence-corrected chi connectivity index (χ2v) is 6.21. The molecule has 2 aromatic carbocycles. The van der Waals surface area contributed by atoms with Gasteiger partial charge in [0, 0.05) is 29.8 Å². The van der Waals surface area contributed by atoms with E-state index in [0.29, 0.717) is 33.9 Å². The Kier molecular flexibility index (Phi) is 3.72. The highest BCUT2D eigenvalue weighted by molar-refractivity contribution is 6.05. The van der Waals surface area contributed by atoms with E-state index in [9.17, 15) is 9.59 Å². The zero-order valence-electron chi connectivity index (χ0n) is 13.7. The van der Waals surface area contributed by atoms with Crippen molar-refractivity contribution in [1.29, 1.82) is 0 Å². The number of hydrogen-bond acceptors (Lipinski definition) is 4. The van der Waals surface area contributed by atoms with Gasteiger partial charge >= 0.3 is 0 Å². The number of rotatable bonds is 4. The highest BCUT2D eigenvalue weighted by Crippen LogP contribution is 2.30. The van der Waals surface area contributed by atoms with Gasteiger partial charge in [0.25, 0.3) is 5.91 Å². The van der Waals surface area contributed by atoms with Gasteiger partial charge in [-0.15, -0.1) is 0 Å². The van der Waals surface area contributed by atoms with Gasteiger partial charge < -0.3 is 15.1 Å². The van der Waals surface area contributed by atoms with E-state index < -0.39 is 0 Å². The van der Waals surface area contributed by atoms with Crippen LogP contribution in [0.3, 0.4) is 0 Å². The molecule has 25 heavy (non-hydrogen) atoms. The van der Waals surface area contributed by atoms with Crippen LogP contribution in [0.4, 0.5) is 11.4 Å². The van der Waals surface area contributed by atoms with Gasteiger partial charge in [-0.1, -0.05) is 0 Å². The molecule has 3 aromatic rings. The number of aryl methyl sites for hydroxylation is 1. The van der Waals surface area contributed by atoms with Crippen LogP contribution in [0.2, 0.25) is 0 Å². The molecule has 1 fully saturated rings. The monoisotopic (exact) mass is 335 g/mol. The van der Waals surface area contributed by atoms with E-state index in [0.717, 1.165) is 12.8 Å². The molecule has 126 valence electrons. The second kappa shape index (κ2) is 6.05. The molecule has 1 saturated carbocycles. The van der Waals surface area contributed by atoms with Crippen LogP contribution in [-0.4, -0.2) is 16.8 Å². The average molecular weight is 335 g/mol. The third-order valence-electron chi connectivity index (χ3n) is 4.12. The number of nitrogens with one attached hydrogen (secondary N) is 2. The number of anilines is 2. The molecule has 0 aliphatic heterocycles. The minimum Gasteiger partial charge on any atom is -0.441 e. The van der Waals surface area contributed by atoms with Gasteiger partial charge in [0.2, 0.25) is 5.91 Å². The molecule has 2 N–H and O–H groups in total. The lowest BCUT2D eigenvalue weighted by Crippen LogP contribution is -2.14. The van der Waals surface area contributed by atoms with Crippen LogP contribution in [0.5, 0.6) is 0 Å². The number of hydrogen-bond donors (Lipinski definition) is 2. The molecule has 1 aromatic heterocycles. The van der Waals surface area contributed by atoms with Gasteiger partial charge in [-0.2, -0.15) is 0 Å². The SMILES string of the molecule is Cc1nc2cc(NC(=O)c3ccc(NC(=O)C4CC4)cc3)ccc2o1. The topological polar surface area (TPSA) is 84.2 Å². The van der Waals surface area contributed by atoms with Crippen LogP contribution in [0.1, 0.15) is 29.1 Å². The van der Waals surface area contributed by atoms with Gasteiger partial charge in [0.15, 0.2) is 11.5 Å².